The Bertz CT molecular complexity index is 573. The van der Waals surface area contributed by atoms with Gasteiger partial charge in [0.1, 0.15) is 5.76 Å². The van der Waals surface area contributed by atoms with Gasteiger partial charge in [-0.2, -0.15) is 0 Å². The molecule has 0 saturated carbocycles. The molecule has 118 valence electrons. The molecule has 0 bridgehead atoms. The topological polar surface area (TPSA) is 45.4 Å². The Labute approximate surface area is 132 Å². The summed E-state index contributed by atoms with van der Waals surface area (Å²) in [4.78, 5) is 13.7. The molecule has 0 aromatic carbocycles. The van der Waals surface area contributed by atoms with Crippen LogP contribution in [-0.2, 0) is 13.1 Å². The molecule has 5 heteroatoms. The highest BCUT2D eigenvalue weighted by Gasteiger charge is 2.20. The lowest BCUT2D eigenvalue weighted by Gasteiger charge is -2.34. The van der Waals surface area contributed by atoms with Crippen molar-refractivity contribution in [3.05, 3.63) is 47.9 Å². The van der Waals surface area contributed by atoms with Crippen molar-refractivity contribution in [3.8, 4) is 0 Å². The summed E-state index contributed by atoms with van der Waals surface area (Å²) in [6, 6.07) is 6.11. The summed E-state index contributed by atoms with van der Waals surface area (Å²) in [5, 5.41) is 0. The molecule has 0 radical (unpaired) electrons. The van der Waals surface area contributed by atoms with Crippen LogP contribution in [0.2, 0.25) is 0 Å². The lowest BCUT2D eigenvalue weighted by atomic mass is 10.1. The monoisotopic (exact) mass is 300 g/mol. The van der Waals surface area contributed by atoms with Crippen molar-refractivity contribution in [2.24, 2.45) is 0 Å². The van der Waals surface area contributed by atoms with Crippen LogP contribution in [0, 0.1) is 0 Å². The minimum absolute atomic E-state index is 0.392. The molecule has 5 nitrogen and oxygen atoms in total. The number of aromatic nitrogens is 2. The summed E-state index contributed by atoms with van der Waals surface area (Å²) in [5.41, 5.74) is 2.24. The maximum Gasteiger partial charge on any atom is 0.181 e. The van der Waals surface area contributed by atoms with Crippen LogP contribution in [0.3, 0.4) is 0 Å². The second-order valence-corrected chi connectivity index (χ2v) is 6.19. The first-order valence-corrected chi connectivity index (χ1v) is 7.99. The fourth-order valence-corrected chi connectivity index (χ4v) is 2.90. The fourth-order valence-electron chi connectivity index (χ4n) is 2.90. The molecular formula is C17H24N4O. The molecule has 2 aromatic rings. The van der Waals surface area contributed by atoms with Gasteiger partial charge in [0.15, 0.2) is 6.39 Å². The molecule has 0 spiro atoms. The second-order valence-electron chi connectivity index (χ2n) is 6.19. The quantitative estimate of drug-likeness (QED) is 0.849. The lowest BCUT2D eigenvalue weighted by molar-refractivity contribution is 0.119. The fraction of sp³-hybridized carbons (Fsp3) is 0.529. The molecule has 0 N–H and O–H groups in total. The second kappa shape index (κ2) is 7.03. The van der Waals surface area contributed by atoms with Crippen molar-refractivity contribution in [2.45, 2.75) is 32.9 Å². The smallest absolute Gasteiger partial charge is 0.181 e. The Morgan fingerprint density at radius 1 is 1.05 bits per heavy atom. The van der Waals surface area contributed by atoms with Crippen LogP contribution in [0.4, 0.5) is 0 Å². The molecule has 1 fully saturated rings. The van der Waals surface area contributed by atoms with Gasteiger partial charge in [-0.3, -0.25) is 14.8 Å². The first-order chi connectivity index (χ1) is 10.7. The number of hydrogen-bond donors (Lipinski definition) is 0. The van der Waals surface area contributed by atoms with Crippen molar-refractivity contribution < 1.29 is 4.42 Å². The third-order valence-electron chi connectivity index (χ3n) is 4.15. The molecule has 2 aromatic heterocycles. The molecule has 3 heterocycles. The Kier molecular flexibility index (Phi) is 4.85. The third-order valence-corrected chi connectivity index (χ3v) is 4.15. The summed E-state index contributed by atoms with van der Waals surface area (Å²) in [6.07, 6.45) is 3.44. The molecule has 0 atom stereocenters. The minimum atomic E-state index is 0.392. The van der Waals surface area contributed by atoms with Crippen molar-refractivity contribution in [2.75, 3.05) is 26.2 Å². The third kappa shape index (κ3) is 3.72. The molecule has 1 aliphatic rings. The zero-order valence-corrected chi connectivity index (χ0v) is 13.4. The Morgan fingerprint density at radius 2 is 1.77 bits per heavy atom. The normalized spacial score (nSPS) is 17.2. The van der Waals surface area contributed by atoms with Crippen molar-refractivity contribution in [3.63, 3.8) is 0 Å². The highest BCUT2D eigenvalue weighted by molar-refractivity contribution is 5.11. The van der Waals surface area contributed by atoms with Gasteiger partial charge in [0.25, 0.3) is 0 Å². The van der Waals surface area contributed by atoms with E-state index in [-0.39, 0.29) is 0 Å². The van der Waals surface area contributed by atoms with E-state index in [2.05, 4.69) is 45.7 Å². The van der Waals surface area contributed by atoms with Crippen LogP contribution < -0.4 is 0 Å². The van der Waals surface area contributed by atoms with E-state index in [1.807, 2.05) is 12.3 Å². The molecule has 22 heavy (non-hydrogen) atoms. The van der Waals surface area contributed by atoms with Gasteiger partial charge >= 0.3 is 0 Å². The molecule has 1 saturated heterocycles. The predicted octanol–water partition coefficient (Wildman–Crippen LogP) is 2.51. The molecule has 1 aliphatic heterocycles. The molecule has 0 aliphatic carbocycles. The van der Waals surface area contributed by atoms with E-state index >= 15 is 0 Å². The van der Waals surface area contributed by atoms with Crippen LogP contribution in [0.5, 0.6) is 0 Å². The van der Waals surface area contributed by atoms with Crippen LogP contribution >= 0.6 is 0 Å². The minimum Gasteiger partial charge on any atom is -0.448 e. The summed E-state index contributed by atoms with van der Waals surface area (Å²) in [6.45, 7) is 10.4. The Morgan fingerprint density at radius 3 is 2.41 bits per heavy atom. The van der Waals surface area contributed by atoms with Gasteiger partial charge in [-0.05, 0) is 12.1 Å². The Balaban J connectivity index is 1.50. The van der Waals surface area contributed by atoms with E-state index in [9.17, 15) is 0 Å². The summed E-state index contributed by atoms with van der Waals surface area (Å²) in [7, 11) is 0. The number of nitrogens with zero attached hydrogens (tertiary/aromatic N) is 4. The zero-order valence-electron chi connectivity index (χ0n) is 13.4. The highest BCUT2D eigenvalue weighted by Crippen LogP contribution is 2.20. The van der Waals surface area contributed by atoms with Crippen LogP contribution in [0.15, 0.2) is 35.2 Å². The maximum absolute atomic E-state index is 5.51. The first kappa shape index (κ1) is 15.2. The Hall–Kier alpha value is -1.72. The van der Waals surface area contributed by atoms with E-state index in [0.717, 1.165) is 56.4 Å². The average Bonchev–Trinajstić information content (AvgIpc) is 2.99. The van der Waals surface area contributed by atoms with E-state index in [0.29, 0.717) is 5.92 Å². The van der Waals surface area contributed by atoms with Crippen LogP contribution in [-0.4, -0.2) is 45.9 Å². The largest absolute Gasteiger partial charge is 0.448 e. The SMILES string of the molecule is CC(C)c1ocnc1CN1CCN(Cc2ccccn2)CC1. The summed E-state index contributed by atoms with van der Waals surface area (Å²) in [5.74, 6) is 1.42. The zero-order chi connectivity index (χ0) is 15.4. The number of oxazole rings is 1. The number of rotatable bonds is 5. The summed E-state index contributed by atoms with van der Waals surface area (Å²) < 4.78 is 5.51. The van der Waals surface area contributed by atoms with Crippen molar-refractivity contribution in [1.29, 1.82) is 0 Å². The van der Waals surface area contributed by atoms with E-state index < -0.39 is 0 Å². The van der Waals surface area contributed by atoms with Crippen LogP contribution in [0.25, 0.3) is 0 Å². The van der Waals surface area contributed by atoms with E-state index in [1.165, 1.54) is 0 Å². The van der Waals surface area contributed by atoms with Gasteiger partial charge in [-0.15, -0.1) is 0 Å². The first-order valence-electron chi connectivity index (χ1n) is 7.99. The maximum atomic E-state index is 5.51. The van der Waals surface area contributed by atoms with Gasteiger partial charge in [0.05, 0.1) is 11.4 Å². The number of pyridine rings is 1. The van der Waals surface area contributed by atoms with Gasteiger partial charge in [-0.1, -0.05) is 19.9 Å². The molecule has 0 unspecified atom stereocenters. The van der Waals surface area contributed by atoms with Crippen molar-refractivity contribution in [1.82, 2.24) is 19.8 Å². The van der Waals surface area contributed by atoms with E-state index in [1.54, 1.807) is 6.39 Å². The molecular weight excluding hydrogens is 276 g/mol. The summed E-state index contributed by atoms with van der Waals surface area (Å²) >= 11 is 0. The molecule has 3 rings (SSSR count). The van der Waals surface area contributed by atoms with Gasteiger partial charge in [0.2, 0.25) is 0 Å². The number of hydrogen-bond acceptors (Lipinski definition) is 5. The molecule has 0 amide bonds. The van der Waals surface area contributed by atoms with Gasteiger partial charge in [-0.25, -0.2) is 4.98 Å². The number of piperazine rings is 1. The van der Waals surface area contributed by atoms with Crippen molar-refractivity contribution >= 4 is 0 Å². The van der Waals surface area contributed by atoms with Crippen LogP contribution in [0.1, 0.15) is 36.9 Å². The highest BCUT2D eigenvalue weighted by atomic mass is 16.3. The predicted molar refractivity (Wildman–Crippen MR) is 85.4 cm³/mol. The lowest BCUT2D eigenvalue weighted by Crippen LogP contribution is -2.45. The van der Waals surface area contributed by atoms with E-state index in [4.69, 9.17) is 4.42 Å². The average molecular weight is 300 g/mol. The van der Waals surface area contributed by atoms with Gasteiger partial charge in [0, 0.05) is 51.4 Å². The standard InChI is InChI=1S/C17H24N4O/c1-14(2)17-16(19-13-22-17)12-21-9-7-20(8-10-21)11-15-5-3-4-6-18-15/h3-6,13-14H,7-12H2,1-2H3. The van der Waals surface area contributed by atoms with Gasteiger partial charge < -0.3 is 4.42 Å².